The highest BCUT2D eigenvalue weighted by Gasteiger charge is 2.11. The number of nitrogen functional groups attached to an aromatic ring is 1. The van der Waals surface area contributed by atoms with Crippen molar-refractivity contribution in [1.82, 2.24) is 0 Å². The smallest absolute Gasteiger partial charge is 0.255 e. The Hall–Kier alpha value is -2.58. The zero-order valence-electron chi connectivity index (χ0n) is 10.2. The molecule has 0 heterocycles. The Labute approximate surface area is 119 Å². The van der Waals surface area contributed by atoms with Crippen LogP contribution in [0.3, 0.4) is 0 Å². The molecule has 2 rings (SSSR count). The summed E-state index contributed by atoms with van der Waals surface area (Å²) in [5.74, 6) is -1.20. The molecular weight excluding hydrogens is 281 g/mol. The van der Waals surface area contributed by atoms with Crippen molar-refractivity contribution in [2.24, 2.45) is 0 Å². The Morgan fingerprint density at radius 1 is 1.30 bits per heavy atom. The van der Waals surface area contributed by atoms with Crippen molar-refractivity contribution in [3.63, 3.8) is 0 Å². The lowest BCUT2D eigenvalue weighted by molar-refractivity contribution is 0.102. The van der Waals surface area contributed by atoms with Crippen LogP contribution in [0, 0.1) is 17.1 Å². The Bertz CT molecular complexity index is 725. The minimum absolute atomic E-state index is 0.0121. The lowest BCUT2D eigenvalue weighted by Crippen LogP contribution is -2.13. The van der Waals surface area contributed by atoms with Gasteiger partial charge in [-0.1, -0.05) is 11.6 Å². The maximum absolute atomic E-state index is 13.6. The topological polar surface area (TPSA) is 78.9 Å². The molecule has 0 aliphatic carbocycles. The van der Waals surface area contributed by atoms with Crippen LogP contribution in [0.15, 0.2) is 36.4 Å². The summed E-state index contributed by atoms with van der Waals surface area (Å²) < 4.78 is 13.6. The molecule has 1 amide bonds. The first-order valence-corrected chi connectivity index (χ1v) is 5.95. The first kappa shape index (κ1) is 13.8. The number of hydrogen-bond acceptors (Lipinski definition) is 3. The van der Waals surface area contributed by atoms with Gasteiger partial charge >= 0.3 is 0 Å². The molecule has 0 saturated carbocycles. The summed E-state index contributed by atoms with van der Waals surface area (Å²) in [5, 5.41) is 11.3. The standard InChI is InChI=1S/C14H9ClFN3O/c15-10-6-9(2-3-12(10)18)14(20)19-13-4-1-8(7-17)5-11(13)16/h1-6H,18H2,(H,19,20). The lowest BCUT2D eigenvalue weighted by Gasteiger charge is -2.07. The van der Waals surface area contributed by atoms with Gasteiger partial charge in [-0.2, -0.15) is 5.26 Å². The molecule has 0 aromatic heterocycles. The predicted molar refractivity (Wildman–Crippen MR) is 74.9 cm³/mol. The van der Waals surface area contributed by atoms with Crippen molar-refractivity contribution in [1.29, 1.82) is 5.26 Å². The van der Waals surface area contributed by atoms with Crippen molar-refractivity contribution < 1.29 is 9.18 Å². The summed E-state index contributed by atoms with van der Waals surface area (Å²) >= 11 is 5.82. The van der Waals surface area contributed by atoms with E-state index in [0.29, 0.717) is 5.69 Å². The van der Waals surface area contributed by atoms with Gasteiger partial charge in [0.25, 0.3) is 5.91 Å². The van der Waals surface area contributed by atoms with Crippen molar-refractivity contribution in [3.05, 3.63) is 58.4 Å². The zero-order valence-corrected chi connectivity index (χ0v) is 10.9. The highest BCUT2D eigenvalue weighted by Crippen LogP contribution is 2.21. The molecule has 0 unspecified atom stereocenters. The van der Waals surface area contributed by atoms with E-state index in [9.17, 15) is 9.18 Å². The van der Waals surface area contributed by atoms with Crippen molar-refractivity contribution >= 4 is 28.9 Å². The van der Waals surface area contributed by atoms with Crippen molar-refractivity contribution in [2.75, 3.05) is 11.1 Å². The largest absolute Gasteiger partial charge is 0.398 e. The van der Waals surface area contributed by atoms with Gasteiger partial charge < -0.3 is 11.1 Å². The highest BCUT2D eigenvalue weighted by atomic mass is 35.5. The number of anilines is 2. The van der Waals surface area contributed by atoms with Crippen LogP contribution in [-0.2, 0) is 0 Å². The van der Waals surface area contributed by atoms with E-state index in [1.165, 1.54) is 30.3 Å². The maximum atomic E-state index is 13.6. The van der Waals surface area contributed by atoms with E-state index in [1.54, 1.807) is 0 Å². The number of amides is 1. The lowest BCUT2D eigenvalue weighted by atomic mass is 10.1. The fourth-order valence-corrected chi connectivity index (χ4v) is 1.73. The summed E-state index contributed by atoms with van der Waals surface area (Å²) in [6.45, 7) is 0. The molecule has 0 saturated heterocycles. The van der Waals surface area contributed by atoms with E-state index >= 15 is 0 Å². The highest BCUT2D eigenvalue weighted by molar-refractivity contribution is 6.33. The molecule has 2 aromatic carbocycles. The van der Waals surface area contributed by atoms with Gasteiger partial charge in [0.2, 0.25) is 0 Å². The number of rotatable bonds is 2. The summed E-state index contributed by atoms with van der Waals surface area (Å²) in [6.07, 6.45) is 0. The number of nitrogens with one attached hydrogen (secondary N) is 1. The molecule has 3 N–H and O–H groups in total. The number of halogens is 2. The number of carbonyl (C=O) groups is 1. The van der Waals surface area contributed by atoms with Crippen LogP contribution in [0.4, 0.5) is 15.8 Å². The zero-order chi connectivity index (χ0) is 14.7. The normalized spacial score (nSPS) is 9.85. The number of nitrogens with two attached hydrogens (primary N) is 1. The molecule has 20 heavy (non-hydrogen) atoms. The Kier molecular flexibility index (Phi) is 3.87. The van der Waals surface area contributed by atoms with E-state index in [1.807, 2.05) is 6.07 Å². The minimum Gasteiger partial charge on any atom is -0.398 e. The third-order valence-corrected chi connectivity index (χ3v) is 2.94. The summed E-state index contributed by atoms with van der Waals surface area (Å²) in [7, 11) is 0. The number of nitriles is 1. The van der Waals surface area contributed by atoms with Gasteiger partial charge in [0.1, 0.15) is 5.82 Å². The van der Waals surface area contributed by atoms with Gasteiger partial charge in [-0.05, 0) is 36.4 Å². The van der Waals surface area contributed by atoms with Gasteiger partial charge in [-0.25, -0.2) is 4.39 Å². The quantitative estimate of drug-likeness (QED) is 0.833. The van der Waals surface area contributed by atoms with Crippen molar-refractivity contribution in [2.45, 2.75) is 0 Å². The predicted octanol–water partition coefficient (Wildman–Crippen LogP) is 3.19. The van der Waals surface area contributed by atoms with Crippen LogP contribution in [0.2, 0.25) is 5.02 Å². The van der Waals surface area contributed by atoms with Crippen LogP contribution in [-0.4, -0.2) is 5.91 Å². The van der Waals surface area contributed by atoms with Crippen LogP contribution >= 0.6 is 11.6 Å². The minimum atomic E-state index is -0.682. The Morgan fingerprint density at radius 2 is 2.05 bits per heavy atom. The molecule has 0 bridgehead atoms. The molecule has 0 spiro atoms. The second kappa shape index (κ2) is 5.59. The fourth-order valence-electron chi connectivity index (χ4n) is 1.55. The van der Waals surface area contributed by atoms with Gasteiger partial charge in [-0.15, -0.1) is 0 Å². The third-order valence-electron chi connectivity index (χ3n) is 2.61. The van der Waals surface area contributed by atoms with Crippen LogP contribution in [0.1, 0.15) is 15.9 Å². The SMILES string of the molecule is N#Cc1ccc(NC(=O)c2ccc(N)c(Cl)c2)c(F)c1. The van der Waals surface area contributed by atoms with Crippen LogP contribution in [0.25, 0.3) is 0 Å². The molecule has 0 aliphatic rings. The Balaban J connectivity index is 2.23. The van der Waals surface area contributed by atoms with Crippen molar-refractivity contribution in [3.8, 4) is 6.07 Å². The average molecular weight is 290 g/mol. The number of hydrogen-bond donors (Lipinski definition) is 2. The van der Waals surface area contributed by atoms with E-state index in [2.05, 4.69) is 5.32 Å². The molecular formula is C14H9ClFN3O. The summed E-state index contributed by atoms with van der Waals surface area (Å²) in [6, 6.07) is 9.97. The Morgan fingerprint density at radius 3 is 2.65 bits per heavy atom. The average Bonchev–Trinajstić information content (AvgIpc) is 2.43. The number of benzene rings is 2. The second-order valence-electron chi connectivity index (χ2n) is 4.00. The fraction of sp³-hybridized carbons (Fsp3) is 0. The summed E-state index contributed by atoms with van der Waals surface area (Å²) in [5.41, 5.74) is 6.32. The second-order valence-corrected chi connectivity index (χ2v) is 4.40. The molecule has 0 radical (unpaired) electrons. The van der Waals surface area contributed by atoms with Gasteiger partial charge in [0.15, 0.2) is 0 Å². The molecule has 4 nitrogen and oxygen atoms in total. The number of carbonyl (C=O) groups excluding carboxylic acids is 1. The van der Waals surface area contributed by atoms with E-state index in [0.717, 1.165) is 6.07 Å². The molecule has 2 aromatic rings. The molecule has 100 valence electrons. The summed E-state index contributed by atoms with van der Waals surface area (Å²) in [4.78, 5) is 11.9. The molecule has 0 aliphatic heterocycles. The van der Waals surface area contributed by atoms with E-state index < -0.39 is 11.7 Å². The first-order valence-electron chi connectivity index (χ1n) is 5.57. The van der Waals surface area contributed by atoms with Crippen LogP contribution < -0.4 is 11.1 Å². The molecule has 0 atom stereocenters. The molecule has 0 fully saturated rings. The third kappa shape index (κ3) is 2.87. The van der Waals surface area contributed by atoms with Crippen LogP contribution in [0.5, 0.6) is 0 Å². The maximum Gasteiger partial charge on any atom is 0.255 e. The first-order chi connectivity index (χ1) is 9.51. The van der Waals surface area contributed by atoms with E-state index in [4.69, 9.17) is 22.6 Å². The monoisotopic (exact) mass is 289 g/mol. The molecule has 6 heteroatoms. The van der Waals surface area contributed by atoms with Gasteiger partial charge in [0.05, 0.1) is 28.0 Å². The van der Waals surface area contributed by atoms with E-state index in [-0.39, 0.29) is 21.8 Å². The van der Waals surface area contributed by atoms with Gasteiger partial charge in [0, 0.05) is 5.56 Å². The van der Waals surface area contributed by atoms with Gasteiger partial charge in [-0.3, -0.25) is 4.79 Å². The number of nitrogens with zero attached hydrogens (tertiary/aromatic N) is 1.